The first-order valence-corrected chi connectivity index (χ1v) is 9.59. The number of nitrogens with zero attached hydrogens (tertiary/aromatic N) is 4. The molecular formula is C20H26N6O. The summed E-state index contributed by atoms with van der Waals surface area (Å²) in [6.45, 7) is 6.48. The maximum Gasteiger partial charge on any atom is 0.201 e. The van der Waals surface area contributed by atoms with Crippen molar-refractivity contribution < 1.29 is 4.74 Å². The molecule has 0 aliphatic carbocycles. The maximum absolute atomic E-state index is 5.59. The third kappa shape index (κ3) is 4.03. The normalized spacial score (nSPS) is 17.4. The Morgan fingerprint density at radius 2 is 2.07 bits per heavy atom. The second kappa shape index (κ2) is 7.92. The third-order valence-corrected chi connectivity index (χ3v) is 4.75. The van der Waals surface area contributed by atoms with Crippen LogP contribution in [0.5, 0.6) is 0 Å². The molecule has 0 saturated carbocycles. The van der Waals surface area contributed by atoms with Gasteiger partial charge in [-0.05, 0) is 18.4 Å². The van der Waals surface area contributed by atoms with E-state index in [0.29, 0.717) is 6.61 Å². The van der Waals surface area contributed by atoms with Crippen LogP contribution in [0.15, 0.2) is 36.4 Å². The van der Waals surface area contributed by atoms with Crippen LogP contribution in [0, 0.1) is 0 Å². The lowest BCUT2D eigenvalue weighted by Gasteiger charge is -2.24. The monoisotopic (exact) mass is 366 g/mol. The first-order chi connectivity index (χ1) is 13.2. The van der Waals surface area contributed by atoms with Gasteiger partial charge in [-0.25, -0.2) is 0 Å². The minimum atomic E-state index is 0.239. The molecule has 7 nitrogen and oxygen atoms in total. The van der Waals surface area contributed by atoms with E-state index in [-0.39, 0.29) is 12.0 Å². The van der Waals surface area contributed by atoms with Crippen molar-refractivity contribution in [2.45, 2.75) is 45.2 Å². The summed E-state index contributed by atoms with van der Waals surface area (Å²) < 4.78 is 7.44. The van der Waals surface area contributed by atoms with Crippen molar-refractivity contribution >= 4 is 17.2 Å². The molecule has 2 aromatic heterocycles. The highest BCUT2D eigenvalue weighted by molar-refractivity contribution is 5.70. The van der Waals surface area contributed by atoms with E-state index in [0.717, 1.165) is 49.0 Å². The SMILES string of the molecule is CC(C)c1nnc2c(NCc3ccccc3)cc(N[C@@H]3CCCOC3)nn12. The van der Waals surface area contributed by atoms with Crippen molar-refractivity contribution in [3.63, 3.8) is 0 Å². The molecule has 0 spiro atoms. The minimum Gasteiger partial charge on any atom is -0.379 e. The molecule has 2 N–H and O–H groups in total. The number of anilines is 2. The average Bonchev–Trinajstić information content (AvgIpc) is 3.12. The Balaban J connectivity index is 1.64. The van der Waals surface area contributed by atoms with Gasteiger partial charge in [-0.3, -0.25) is 0 Å². The lowest BCUT2D eigenvalue weighted by atomic mass is 10.1. The summed E-state index contributed by atoms with van der Waals surface area (Å²) in [5.41, 5.74) is 2.89. The number of hydrogen-bond acceptors (Lipinski definition) is 6. The van der Waals surface area contributed by atoms with Gasteiger partial charge in [0.2, 0.25) is 5.65 Å². The molecule has 1 atom stereocenters. The van der Waals surface area contributed by atoms with E-state index in [1.165, 1.54) is 5.56 Å². The topological polar surface area (TPSA) is 76.4 Å². The Bertz CT molecular complexity index is 886. The number of aromatic nitrogens is 4. The van der Waals surface area contributed by atoms with Gasteiger partial charge in [-0.1, -0.05) is 44.2 Å². The summed E-state index contributed by atoms with van der Waals surface area (Å²) >= 11 is 0. The van der Waals surface area contributed by atoms with Crippen LogP contribution in [-0.4, -0.2) is 39.1 Å². The van der Waals surface area contributed by atoms with E-state index >= 15 is 0 Å². The lowest BCUT2D eigenvalue weighted by molar-refractivity contribution is 0.0875. The van der Waals surface area contributed by atoms with Crippen LogP contribution in [0.4, 0.5) is 11.5 Å². The lowest BCUT2D eigenvalue weighted by Crippen LogP contribution is -2.30. The molecule has 0 bridgehead atoms. The molecule has 1 aliphatic rings. The Kier molecular flexibility index (Phi) is 5.20. The number of ether oxygens (including phenoxy) is 1. The van der Waals surface area contributed by atoms with Crippen molar-refractivity contribution in [1.29, 1.82) is 0 Å². The second-order valence-corrected chi connectivity index (χ2v) is 7.29. The zero-order chi connectivity index (χ0) is 18.6. The largest absolute Gasteiger partial charge is 0.379 e. The Morgan fingerprint density at radius 1 is 1.22 bits per heavy atom. The molecule has 27 heavy (non-hydrogen) atoms. The van der Waals surface area contributed by atoms with Gasteiger partial charge in [0.05, 0.1) is 18.3 Å². The molecule has 1 aliphatic heterocycles. The minimum absolute atomic E-state index is 0.239. The standard InChI is InChI=1S/C20H26N6O/c1-14(2)19-23-24-20-17(21-12-15-7-4-3-5-8-15)11-18(25-26(19)20)22-16-9-6-10-27-13-16/h3-5,7-8,11,14,16,21H,6,9-10,12-13H2,1-2H3,(H,22,25)/t16-/m1/s1. The Hall–Kier alpha value is -2.67. The fraction of sp³-hybridized carbons (Fsp3) is 0.450. The van der Waals surface area contributed by atoms with Crippen LogP contribution in [0.2, 0.25) is 0 Å². The summed E-state index contributed by atoms with van der Waals surface area (Å²) in [6, 6.07) is 12.6. The summed E-state index contributed by atoms with van der Waals surface area (Å²) in [4.78, 5) is 0. The van der Waals surface area contributed by atoms with Gasteiger partial charge < -0.3 is 15.4 Å². The number of benzene rings is 1. The second-order valence-electron chi connectivity index (χ2n) is 7.29. The highest BCUT2D eigenvalue weighted by Crippen LogP contribution is 2.24. The Morgan fingerprint density at radius 3 is 2.81 bits per heavy atom. The molecule has 3 heterocycles. The molecule has 1 fully saturated rings. The van der Waals surface area contributed by atoms with Gasteiger partial charge in [-0.2, -0.15) is 4.52 Å². The van der Waals surface area contributed by atoms with Crippen molar-refractivity contribution in [2.24, 2.45) is 0 Å². The fourth-order valence-electron chi connectivity index (χ4n) is 3.31. The summed E-state index contributed by atoms with van der Waals surface area (Å²) in [5, 5.41) is 20.5. The number of fused-ring (bicyclic) bond motifs is 1. The van der Waals surface area contributed by atoms with E-state index < -0.39 is 0 Å². The van der Waals surface area contributed by atoms with Crippen molar-refractivity contribution in [1.82, 2.24) is 19.8 Å². The van der Waals surface area contributed by atoms with Crippen molar-refractivity contribution in [3.05, 3.63) is 47.8 Å². The van der Waals surface area contributed by atoms with E-state index in [4.69, 9.17) is 9.84 Å². The van der Waals surface area contributed by atoms with Gasteiger partial charge >= 0.3 is 0 Å². The predicted octanol–water partition coefficient (Wildman–Crippen LogP) is 3.45. The highest BCUT2D eigenvalue weighted by atomic mass is 16.5. The zero-order valence-electron chi connectivity index (χ0n) is 15.9. The van der Waals surface area contributed by atoms with Crippen LogP contribution in [0.1, 0.15) is 44.0 Å². The van der Waals surface area contributed by atoms with Gasteiger partial charge in [-0.15, -0.1) is 15.3 Å². The molecule has 4 rings (SSSR count). The summed E-state index contributed by atoms with van der Waals surface area (Å²) in [5.74, 6) is 1.91. The quantitative estimate of drug-likeness (QED) is 0.696. The molecule has 142 valence electrons. The van der Waals surface area contributed by atoms with Crippen LogP contribution in [-0.2, 0) is 11.3 Å². The highest BCUT2D eigenvalue weighted by Gasteiger charge is 2.18. The van der Waals surface area contributed by atoms with Crippen LogP contribution >= 0.6 is 0 Å². The first-order valence-electron chi connectivity index (χ1n) is 9.59. The van der Waals surface area contributed by atoms with Crippen LogP contribution in [0.25, 0.3) is 5.65 Å². The van der Waals surface area contributed by atoms with E-state index in [1.807, 2.05) is 28.8 Å². The molecule has 3 aromatic rings. The average molecular weight is 366 g/mol. The van der Waals surface area contributed by atoms with E-state index in [9.17, 15) is 0 Å². The molecule has 1 aromatic carbocycles. The summed E-state index contributed by atoms with van der Waals surface area (Å²) in [6.07, 6.45) is 2.16. The molecule has 0 amide bonds. The van der Waals surface area contributed by atoms with Gasteiger partial charge in [0.1, 0.15) is 5.82 Å². The van der Waals surface area contributed by atoms with Crippen LogP contribution < -0.4 is 10.6 Å². The number of nitrogens with one attached hydrogen (secondary N) is 2. The zero-order valence-corrected chi connectivity index (χ0v) is 15.9. The third-order valence-electron chi connectivity index (χ3n) is 4.75. The molecule has 0 radical (unpaired) electrons. The van der Waals surface area contributed by atoms with Gasteiger partial charge in [0, 0.05) is 25.1 Å². The maximum atomic E-state index is 5.59. The molecule has 7 heteroatoms. The smallest absolute Gasteiger partial charge is 0.201 e. The first kappa shape index (κ1) is 17.7. The Labute approximate surface area is 159 Å². The summed E-state index contributed by atoms with van der Waals surface area (Å²) in [7, 11) is 0. The van der Waals surface area contributed by atoms with Gasteiger partial charge in [0.15, 0.2) is 5.82 Å². The van der Waals surface area contributed by atoms with Crippen molar-refractivity contribution in [2.75, 3.05) is 23.8 Å². The molecule has 0 unspecified atom stereocenters. The van der Waals surface area contributed by atoms with Crippen LogP contribution in [0.3, 0.4) is 0 Å². The van der Waals surface area contributed by atoms with Crippen molar-refractivity contribution in [3.8, 4) is 0 Å². The predicted molar refractivity (Wildman–Crippen MR) is 106 cm³/mol. The molecular weight excluding hydrogens is 340 g/mol. The fourth-order valence-corrected chi connectivity index (χ4v) is 3.31. The number of rotatable bonds is 6. The van der Waals surface area contributed by atoms with E-state index in [1.54, 1.807) is 0 Å². The van der Waals surface area contributed by atoms with E-state index in [2.05, 4.69) is 46.8 Å². The molecule has 1 saturated heterocycles. The number of hydrogen-bond donors (Lipinski definition) is 2. The van der Waals surface area contributed by atoms with Gasteiger partial charge in [0.25, 0.3) is 0 Å².